The van der Waals surface area contributed by atoms with Gasteiger partial charge < -0.3 is 20.1 Å². The summed E-state index contributed by atoms with van der Waals surface area (Å²) in [6, 6.07) is 9.17. The van der Waals surface area contributed by atoms with Crippen LogP contribution in [0.2, 0.25) is 0 Å². The lowest BCUT2D eigenvalue weighted by Crippen LogP contribution is -2.40. The van der Waals surface area contributed by atoms with E-state index in [-0.39, 0.29) is 40.4 Å². The highest BCUT2D eigenvalue weighted by Gasteiger charge is 2.25. The molecule has 9 nitrogen and oxygen atoms in total. The third-order valence-corrected chi connectivity index (χ3v) is 5.62. The van der Waals surface area contributed by atoms with Crippen molar-refractivity contribution in [3.8, 4) is 11.5 Å². The van der Waals surface area contributed by atoms with Crippen molar-refractivity contribution >= 4 is 21.8 Å². The van der Waals surface area contributed by atoms with Crippen LogP contribution < -0.4 is 10.5 Å². The van der Waals surface area contributed by atoms with Gasteiger partial charge in [0.1, 0.15) is 6.54 Å². The Bertz CT molecular complexity index is 1090. The molecule has 10 heteroatoms. The summed E-state index contributed by atoms with van der Waals surface area (Å²) < 4.78 is 36.4. The summed E-state index contributed by atoms with van der Waals surface area (Å²) in [4.78, 5) is 24.8. The van der Waals surface area contributed by atoms with E-state index in [0.29, 0.717) is 23.1 Å². The lowest BCUT2D eigenvalue weighted by atomic mass is 9.95. The largest absolute Gasteiger partial charge is 0.504 e. The average Bonchev–Trinajstić information content (AvgIpc) is 2.67. The Morgan fingerprint density at radius 1 is 1.10 bits per heavy atom. The fraction of sp³-hybridized carbons (Fsp3) is 0.333. The fourth-order valence-electron chi connectivity index (χ4n) is 3.37. The molecule has 1 amide bonds. The van der Waals surface area contributed by atoms with Gasteiger partial charge in [0, 0.05) is 17.5 Å². The molecule has 0 radical (unpaired) electrons. The van der Waals surface area contributed by atoms with Crippen LogP contribution in [0.5, 0.6) is 11.5 Å². The topological polar surface area (TPSA) is 144 Å². The van der Waals surface area contributed by atoms with Gasteiger partial charge in [0.15, 0.2) is 17.3 Å². The van der Waals surface area contributed by atoms with Crippen LogP contribution in [0, 0.1) is 0 Å². The molecule has 0 saturated carbocycles. The molecule has 0 unspecified atom stereocenters. The number of methoxy groups -OCH3 is 1. The number of nitrogens with two attached hydrogens (primary N) is 1. The predicted molar refractivity (Wildman–Crippen MR) is 115 cm³/mol. The Kier molecular flexibility index (Phi) is 7.42. The first-order chi connectivity index (χ1) is 14.3. The monoisotopic (exact) mass is 451 g/mol. The molecule has 0 saturated heterocycles. The highest BCUT2D eigenvalue weighted by molar-refractivity contribution is 7.85. The van der Waals surface area contributed by atoms with Gasteiger partial charge in [-0.15, -0.1) is 0 Å². The lowest BCUT2D eigenvalue weighted by Gasteiger charge is -2.30. The van der Waals surface area contributed by atoms with Crippen LogP contribution in [0.1, 0.15) is 38.3 Å². The molecule has 0 aliphatic heterocycles. The maximum Gasteiger partial charge on any atom is 0.265 e. The first-order valence-corrected chi connectivity index (χ1v) is 11.1. The normalized spacial score (nSPS) is 11.9. The van der Waals surface area contributed by atoms with Crippen molar-refractivity contribution < 1.29 is 36.9 Å². The summed E-state index contributed by atoms with van der Waals surface area (Å²) in [6.45, 7) is 0.830. The van der Waals surface area contributed by atoms with Crippen molar-refractivity contribution in [1.29, 1.82) is 0 Å². The SMILES string of the molecule is COc1cc(C[N+](C)(C)CCCS(=O)(=O)O)cc(C(=O)c2ccccc2C(N)=O)c1O. The van der Waals surface area contributed by atoms with Crippen molar-refractivity contribution in [2.75, 3.05) is 33.5 Å². The molecule has 0 aromatic heterocycles. The van der Waals surface area contributed by atoms with Crippen LogP contribution in [0.15, 0.2) is 36.4 Å². The van der Waals surface area contributed by atoms with E-state index in [9.17, 15) is 23.1 Å². The number of amides is 1. The second-order valence-electron chi connectivity index (χ2n) is 7.89. The van der Waals surface area contributed by atoms with Gasteiger partial charge in [0.05, 0.1) is 44.6 Å². The molecule has 2 aromatic carbocycles. The lowest BCUT2D eigenvalue weighted by molar-refractivity contribution is -0.903. The Hall–Kier alpha value is -2.95. The number of aromatic hydroxyl groups is 1. The molecular weight excluding hydrogens is 424 g/mol. The van der Waals surface area contributed by atoms with Gasteiger partial charge in [0.2, 0.25) is 5.91 Å². The van der Waals surface area contributed by atoms with Crippen LogP contribution in [0.3, 0.4) is 0 Å². The number of ether oxygens (including phenoxy) is 1. The van der Waals surface area contributed by atoms with Crippen molar-refractivity contribution in [2.24, 2.45) is 5.73 Å². The van der Waals surface area contributed by atoms with Gasteiger partial charge >= 0.3 is 0 Å². The Morgan fingerprint density at radius 2 is 1.71 bits per heavy atom. The highest BCUT2D eigenvalue weighted by atomic mass is 32.2. The third kappa shape index (κ3) is 6.51. The number of phenols is 1. The summed E-state index contributed by atoms with van der Waals surface area (Å²) in [6.07, 6.45) is 0.249. The molecule has 0 bridgehead atoms. The average molecular weight is 452 g/mol. The Balaban J connectivity index is 2.40. The van der Waals surface area contributed by atoms with Crippen LogP contribution in [-0.4, -0.2) is 67.8 Å². The molecule has 4 N–H and O–H groups in total. The molecule has 2 aromatic rings. The molecule has 0 fully saturated rings. The molecule has 31 heavy (non-hydrogen) atoms. The van der Waals surface area contributed by atoms with Crippen molar-refractivity contribution in [3.05, 3.63) is 58.7 Å². The second-order valence-corrected chi connectivity index (χ2v) is 9.46. The minimum atomic E-state index is -4.04. The number of phenolic OH excluding ortho intramolecular Hbond substituents is 1. The first kappa shape index (κ1) is 24.3. The highest BCUT2D eigenvalue weighted by Crippen LogP contribution is 2.34. The van der Waals surface area contributed by atoms with E-state index in [1.807, 2.05) is 14.1 Å². The number of quaternary nitrogens is 1. The second kappa shape index (κ2) is 9.46. The number of carbonyl (C=O) groups excluding carboxylic acids is 2. The fourth-order valence-corrected chi connectivity index (χ4v) is 3.87. The number of nitrogens with zero attached hydrogens (tertiary/aromatic N) is 1. The molecule has 0 spiro atoms. The van der Waals surface area contributed by atoms with E-state index in [4.69, 9.17) is 15.0 Å². The number of rotatable bonds is 10. The summed E-state index contributed by atoms with van der Waals surface area (Å²) >= 11 is 0. The summed E-state index contributed by atoms with van der Waals surface area (Å²) in [7, 11) is 1.05. The quantitative estimate of drug-likeness (QED) is 0.283. The molecule has 2 rings (SSSR count). The molecule has 168 valence electrons. The van der Waals surface area contributed by atoms with Crippen LogP contribution in [-0.2, 0) is 16.7 Å². The first-order valence-electron chi connectivity index (χ1n) is 9.45. The summed E-state index contributed by atoms with van der Waals surface area (Å²) in [5.74, 6) is -1.95. The summed E-state index contributed by atoms with van der Waals surface area (Å²) in [5.41, 5.74) is 6.09. The number of primary amides is 1. The minimum Gasteiger partial charge on any atom is -0.504 e. The molecular formula is C21H27N2O7S+. The van der Waals surface area contributed by atoms with Gasteiger partial charge in [-0.25, -0.2) is 0 Å². The number of carbonyl (C=O) groups is 2. The maximum atomic E-state index is 13.1. The number of hydrogen-bond donors (Lipinski definition) is 3. The standard InChI is InChI=1S/C21H26N2O7S/c1-23(2,9-6-10-31(27,28)29)13-14-11-17(20(25)18(12-14)30-3)19(24)15-7-4-5-8-16(15)21(22)26/h4-5,7-8,11-12H,6,9-10,13H2,1-3H3,(H3-,22,24,25,26,27,28,29)/p+1. The zero-order valence-corrected chi connectivity index (χ0v) is 18.5. The zero-order valence-electron chi connectivity index (χ0n) is 17.7. The van der Waals surface area contributed by atoms with Crippen molar-refractivity contribution in [1.82, 2.24) is 0 Å². The Morgan fingerprint density at radius 3 is 2.26 bits per heavy atom. The van der Waals surface area contributed by atoms with Crippen LogP contribution in [0.4, 0.5) is 0 Å². The summed E-state index contributed by atoms with van der Waals surface area (Å²) in [5, 5.41) is 10.5. The number of hydrogen-bond acceptors (Lipinski definition) is 6. The van der Waals surface area contributed by atoms with Crippen LogP contribution in [0.25, 0.3) is 0 Å². The zero-order chi connectivity index (χ0) is 23.4. The molecule has 0 atom stereocenters. The van der Waals surface area contributed by atoms with Crippen molar-refractivity contribution in [3.63, 3.8) is 0 Å². The molecule has 0 aliphatic rings. The maximum absolute atomic E-state index is 13.1. The van der Waals surface area contributed by atoms with Gasteiger partial charge in [-0.3, -0.25) is 14.1 Å². The van der Waals surface area contributed by atoms with Crippen molar-refractivity contribution in [2.45, 2.75) is 13.0 Å². The van der Waals surface area contributed by atoms with Gasteiger partial charge in [-0.2, -0.15) is 8.42 Å². The predicted octanol–water partition coefficient (Wildman–Crippen LogP) is 1.59. The molecule has 0 heterocycles. The van der Waals surface area contributed by atoms with Crippen LogP contribution >= 0.6 is 0 Å². The molecule has 0 aliphatic carbocycles. The smallest absolute Gasteiger partial charge is 0.265 e. The van der Waals surface area contributed by atoms with E-state index in [1.165, 1.54) is 25.3 Å². The van der Waals surface area contributed by atoms with E-state index >= 15 is 0 Å². The van der Waals surface area contributed by atoms with E-state index in [0.717, 1.165) is 0 Å². The Labute approximate surface area is 181 Å². The van der Waals surface area contributed by atoms with E-state index < -0.39 is 21.8 Å². The number of ketones is 1. The number of benzene rings is 2. The third-order valence-electron chi connectivity index (χ3n) is 4.81. The van der Waals surface area contributed by atoms with E-state index in [1.54, 1.807) is 18.2 Å². The minimum absolute atomic E-state index is 0.0394. The van der Waals surface area contributed by atoms with Gasteiger partial charge in [-0.1, -0.05) is 18.2 Å². The van der Waals surface area contributed by atoms with E-state index in [2.05, 4.69) is 0 Å². The van der Waals surface area contributed by atoms with Gasteiger partial charge in [0.25, 0.3) is 10.1 Å². The van der Waals surface area contributed by atoms with Gasteiger partial charge in [-0.05, 0) is 18.2 Å².